The zero-order chi connectivity index (χ0) is 16.8. The van der Waals surface area contributed by atoms with Crippen molar-refractivity contribution < 1.29 is 18.3 Å². The molecule has 124 valence electrons. The summed E-state index contributed by atoms with van der Waals surface area (Å²) >= 11 is 6.06. The summed E-state index contributed by atoms with van der Waals surface area (Å²) < 4.78 is 41.1. The average molecular weight is 346 g/mol. The van der Waals surface area contributed by atoms with Gasteiger partial charge in [0.15, 0.2) is 6.04 Å². The van der Waals surface area contributed by atoms with Crippen LogP contribution in [0.3, 0.4) is 0 Å². The van der Waals surface area contributed by atoms with E-state index in [1.54, 1.807) is 12.1 Å². The van der Waals surface area contributed by atoms with Gasteiger partial charge in [0.1, 0.15) is 16.5 Å². The van der Waals surface area contributed by atoms with Gasteiger partial charge in [-0.1, -0.05) is 41.4 Å². The lowest BCUT2D eigenvalue weighted by Gasteiger charge is -2.33. The highest BCUT2D eigenvalue weighted by Gasteiger charge is 2.47. The molecule has 1 aliphatic rings. The number of aryl methyl sites for hydroxylation is 1. The lowest BCUT2D eigenvalue weighted by Crippen LogP contribution is -2.35. The van der Waals surface area contributed by atoms with Crippen molar-refractivity contribution in [1.29, 1.82) is 0 Å². The molecule has 0 fully saturated rings. The second-order valence-corrected chi connectivity index (χ2v) is 5.99. The largest absolute Gasteiger partial charge is 0.410 e. The topological polar surface area (TPSA) is 50.1 Å². The normalized spacial score (nSPS) is 21.0. The fourth-order valence-electron chi connectivity index (χ4n) is 2.75. The number of hydrogen-bond donors (Lipinski definition) is 2. The van der Waals surface area contributed by atoms with Gasteiger partial charge in [-0.15, -0.1) is 0 Å². The van der Waals surface area contributed by atoms with Crippen LogP contribution < -0.4 is 5.32 Å². The van der Waals surface area contributed by atoms with Crippen LogP contribution in [0.25, 0.3) is 0 Å². The van der Waals surface area contributed by atoms with Crippen LogP contribution in [0.15, 0.2) is 24.3 Å². The second-order valence-electron chi connectivity index (χ2n) is 5.61. The molecule has 1 aliphatic heterocycles. The summed E-state index contributed by atoms with van der Waals surface area (Å²) in [6.07, 6.45) is -4.65. The fourth-order valence-corrected chi connectivity index (χ4v) is 2.99. The number of halogens is 4. The fraction of sp³-hybridized carbons (Fsp3) is 0.400. The molecule has 23 heavy (non-hydrogen) atoms. The monoisotopic (exact) mass is 345 g/mol. The highest BCUT2D eigenvalue weighted by atomic mass is 35.5. The van der Waals surface area contributed by atoms with Crippen LogP contribution in [0, 0.1) is 6.92 Å². The zero-order valence-electron chi connectivity index (χ0n) is 12.2. The van der Waals surface area contributed by atoms with E-state index in [-0.39, 0.29) is 23.0 Å². The first-order chi connectivity index (χ1) is 10.8. The number of aliphatic hydroxyl groups is 1. The van der Waals surface area contributed by atoms with E-state index in [4.69, 9.17) is 11.6 Å². The van der Waals surface area contributed by atoms with E-state index < -0.39 is 24.9 Å². The maximum absolute atomic E-state index is 13.4. The Bertz CT molecular complexity index is 712. The standard InChI is InChI=1S/C15H15ClF3N3O/c1-8-2-4-9(5-3-8)10-6-12(15(17,18)19)22-14(20-10)13(16)11(7-23)21-22/h2-5,10,12,20,23H,6-7H2,1H3/t10-,12-/m1/s1. The number of aromatic nitrogens is 2. The van der Waals surface area contributed by atoms with E-state index in [1.165, 1.54) is 0 Å². The van der Waals surface area contributed by atoms with Gasteiger partial charge in [0.2, 0.25) is 0 Å². The molecular formula is C15H15ClF3N3O. The Morgan fingerprint density at radius 2 is 2.00 bits per heavy atom. The number of fused-ring (bicyclic) bond motifs is 1. The van der Waals surface area contributed by atoms with Crippen LogP contribution >= 0.6 is 11.6 Å². The minimum atomic E-state index is -4.46. The molecule has 0 unspecified atom stereocenters. The van der Waals surface area contributed by atoms with Gasteiger partial charge in [0.25, 0.3) is 0 Å². The smallest absolute Gasteiger partial charge is 0.390 e. The molecule has 0 saturated heterocycles. The first-order valence-corrected chi connectivity index (χ1v) is 7.46. The van der Waals surface area contributed by atoms with Crippen molar-refractivity contribution in [3.63, 3.8) is 0 Å². The third-order valence-corrected chi connectivity index (χ3v) is 4.39. The quantitative estimate of drug-likeness (QED) is 0.865. The van der Waals surface area contributed by atoms with Gasteiger partial charge in [0, 0.05) is 6.42 Å². The van der Waals surface area contributed by atoms with Gasteiger partial charge in [-0.3, -0.25) is 0 Å². The Morgan fingerprint density at radius 3 is 2.57 bits per heavy atom. The number of aliphatic hydroxyl groups excluding tert-OH is 1. The van der Waals surface area contributed by atoms with Crippen molar-refractivity contribution in [2.45, 2.75) is 38.2 Å². The Hall–Kier alpha value is -1.73. The molecule has 4 nitrogen and oxygen atoms in total. The lowest BCUT2D eigenvalue weighted by molar-refractivity contribution is -0.173. The minimum absolute atomic E-state index is 0.0264. The van der Waals surface area contributed by atoms with Crippen molar-refractivity contribution in [3.8, 4) is 0 Å². The predicted molar refractivity (Wildman–Crippen MR) is 80.4 cm³/mol. The van der Waals surface area contributed by atoms with Crippen LogP contribution in [0.1, 0.15) is 35.3 Å². The SMILES string of the molecule is Cc1ccc([C@H]2C[C@H](C(F)(F)F)n3nc(CO)c(Cl)c3N2)cc1. The molecule has 3 rings (SSSR count). The number of anilines is 1. The second kappa shape index (κ2) is 5.72. The molecule has 2 heterocycles. The summed E-state index contributed by atoms with van der Waals surface area (Å²) in [6, 6.07) is 4.98. The summed E-state index contributed by atoms with van der Waals surface area (Å²) in [5.41, 5.74) is 1.81. The molecule has 2 aromatic rings. The molecule has 0 spiro atoms. The van der Waals surface area contributed by atoms with Crippen molar-refractivity contribution in [1.82, 2.24) is 9.78 Å². The zero-order valence-corrected chi connectivity index (χ0v) is 13.0. The van der Waals surface area contributed by atoms with E-state index in [0.29, 0.717) is 0 Å². The van der Waals surface area contributed by atoms with Gasteiger partial charge in [-0.05, 0) is 12.5 Å². The number of benzene rings is 1. The number of rotatable bonds is 2. The molecule has 0 saturated carbocycles. The number of alkyl halides is 3. The lowest BCUT2D eigenvalue weighted by atomic mass is 9.96. The Morgan fingerprint density at radius 1 is 1.35 bits per heavy atom. The van der Waals surface area contributed by atoms with Crippen molar-refractivity contribution in [2.24, 2.45) is 0 Å². The summed E-state index contributed by atoms with van der Waals surface area (Å²) in [5.74, 6) is 0.0925. The maximum Gasteiger partial charge on any atom is 0.410 e. The van der Waals surface area contributed by atoms with Crippen LogP contribution in [-0.2, 0) is 6.61 Å². The highest BCUT2D eigenvalue weighted by molar-refractivity contribution is 6.33. The maximum atomic E-state index is 13.4. The summed E-state index contributed by atoms with van der Waals surface area (Å²) in [7, 11) is 0. The van der Waals surface area contributed by atoms with Crippen molar-refractivity contribution in [2.75, 3.05) is 5.32 Å². The molecule has 0 radical (unpaired) electrons. The molecule has 1 aromatic heterocycles. The molecule has 8 heteroatoms. The number of hydrogen-bond acceptors (Lipinski definition) is 3. The summed E-state index contributed by atoms with van der Waals surface area (Å²) in [5, 5.41) is 16.1. The molecule has 0 amide bonds. The Balaban J connectivity index is 2.04. The summed E-state index contributed by atoms with van der Waals surface area (Å²) in [6.45, 7) is 1.40. The molecule has 1 aromatic carbocycles. The van der Waals surface area contributed by atoms with Crippen LogP contribution in [0.2, 0.25) is 5.02 Å². The van der Waals surface area contributed by atoms with E-state index in [0.717, 1.165) is 15.8 Å². The molecular weight excluding hydrogens is 331 g/mol. The number of nitrogens with one attached hydrogen (secondary N) is 1. The van der Waals surface area contributed by atoms with E-state index in [2.05, 4.69) is 10.4 Å². The van der Waals surface area contributed by atoms with Gasteiger partial charge >= 0.3 is 6.18 Å². The van der Waals surface area contributed by atoms with E-state index in [9.17, 15) is 18.3 Å². The van der Waals surface area contributed by atoms with Crippen LogP contribution in [0.5, 0.6) is 0 Å². The van der Waals surface area contributed by atoms with Gasteiger partial charge < -0.3 is 10.4 Å². The first-order valence-electron chi connectivity index (χ1n) is 7.09. The highest BCUT2D eigenvalue weighted by Crippen LogP contribution is 2.46. The Labute approximate surface area is 135 Å². The van der Waals surface area contributed by atoms with Gasteiger partial charge in [-0.25, -0.2) is 4.68 Å². The number of nitrogens with zero attached hydrogens (tertiary/aromatic N) is 2. The molecule has 0 aliphatic carbocycles. The van der Waals surface area contributed by atoms with Crippen molar-refractivity contribution in [3.05, 3.63) is 46.1 Å². The third-order valence-electron chi connectivity index (χ3n) is 3.99. The predicted octanol–water partition coefficient (Wildman–Crippen LogP) is 4.00. The Kier molecular flexibility index (Phi) is 4.01. The molecule has 2 atom stereocenters. The van der Waals surface area contributed by atoms with Crippen LogP contribution in [-0.4, -0.2) is 21.1 Å². The third kappa shape index (κ3) is 2.90. The van der Waals surface area contributed by atoms with E-state index >= 15 is 0 Å². The van der Waals surface area contributed by atoms with E-state index in [1.807, 2.05) is 19.1 Å². The first kappa shape index (κ1) is 16.1. The molecule has 2 N–H and O–H groups in total. The summed E-state index contributed by atoms with van der Waals surface area (Å²) in [4.78, 5) is 0. The minimum Gasteiger partial charge on any atom is -0.390 e. The van der Waals surface area contributed by atoms with Crippen molar-refractivity contribution >= 4 is 17.4 Å². The average Bonchev–Trinajstić information content (AvgIpc) is 2.82. The van der Waals surface area contributed by atoms with Crippen LogP contribution in [0.4, 0.5) is 19.0 Å². The molecule has 0 bridgehead atoms. The van der Waals surface area contributed by atoms with Gasteiger partial charge in [-0.2, -0.15) is 18.3 Å². The van der Waals surface area contributed by atoms with Gasteiger partial charge in [0.05, 0.1) is 12.6 Å².